The van der Waals surface area contributed by atoms with Crippen molar-refractivity contribution in [1.82, 2.24) is 15.1 Å². The molecule has 0 radical (unpaired) electrons. The minimum absolute atomic E-state index is 0.0570. The molecule has 1 saturated heterocycles. The Bertz CT molecular complexity index is 597. The predicted molar refractivity (Wildman–Crippen MR) is 86.5 cm³/mol. The maximum Gasteiger partial charge on any atom is 0.225 e. The van der Waals surface area contributed by atoms with Gasteiger partial charge in [-0.2, -0.15) is 0 Å². The second kappa shape index (κ2) is 7.75. The van der Waals surface area contributed by atoms with Gasteiger partial charge in [0.1, 0.15) is 5.82 Å². The first-order valence-corrected chi connectivity index (χ1v) is 7.92. The summed E-state index contributed by atoms with van der Waals surface area (Å²) in [5.41, 5.74) is 0.529. The zero-order chi connectivity index (χ0) is 17.0. The van der Waals surface area contributed by atoms with Crippen LogP contribution in [0.5, 0.6) is 0 Å². The monoisotopic (exact) mass is 341 g/mol. The fraction of sp³-hybridized carbons (Fsp3) is 0.500. The molecule has 5 nitrogen and oxygen atoms in total. The molecule has 1 atom stereocenters. The van der Waals surface area contributed by atoms with Crippen LogP contribution in [-0.4, -0.2) is 54.8 Å². The van der Waals surface area contributed by atoms with Crippen LogP contribution in [0.15, 0.2) is 18.2 Å². The Kier molecular flexibility index (Phi) is 5.96. The van der Waals surface area contributed by atoms with Gasteiger partial charge in [-0.1, -0.05) is 17.7 Å². The summed E-state index contributed by atoms with van der Waals surface area (Å²) in [7, 11) is 1.58. The minimum Gasteiger partial charge on any atom is -0.359 e. The Morgan fingerprint density at radius 2 is 2.09 bits per heavy atom. The van der Waals surface area contributed by atoms with Crippen molar-refractivity contribution in [2.24, 2.45) is 5.92 Å². The normalized spacial score (nSPS) is 19.3. The number of halogens is 2. The van der Waals surface area contributed by atoms with Gasteiger partial charge < -0.3 is 10.2 Å². The second-order valence-electron chi connectivity index (χ2n) is 5.75. The van der Waals surface area contributed by atoms with Crippen LogP contribution in [-0.2, 0) is 16.1 Å². The molecule has 0 bridgehead atoms. The zero-order valence-electron chi connectivity index (χ0n) is 13.3. The number of carbonyl (C=O) groups excluding carboxylic acids is 2. The lowest BCUT2D eigenvalue weighted by Gasteiger charge is -2.23. The maximum absolute atomic E-state index is 14.0. The molecule has 1 N–H and O–H groups in total. The van der Waals surface area contributed by atoms with Crippen LogP contribution in [0.4, 0.5) is 4.39 Å². The van der Waals surface area contributed by atoms with E-state index in [1.807, 2.05) is 4.90 Å². The molecule has 1 aliphatic heterocycles. The van der Waals surface area contributed by atoms with Crippen molar-refractivity contribution in [2.75, 3.05) is 33.2 Å². The number of carbonyl (C=O) groups is 2. The molecule has 2 rings (SSSR count). The van der Waals surface area contributed by atoms with Gasteiger partial charge in [-0.3, -0.25) is 14.5 Å². The summed E-state index contributed by atoms with van der Waals surface area (Å²) in [5, 5.41) is 2.98. The SMILES string of the molecule is CNC(=O)[C@@H]1CN(Cc2ccc(Cl)cc2F)CCN(C(C)=O)C1. The first-order valence-electron chi connectivity index (χ1n) is 7.54. The average molecular weight is 342 g/mol. The Balaban J connectivity index is 2.14. The lowest BCUT2D eigenvalue weighted by Crippen LogP contribution is -2.40. The van der Waals surface area contributed by atoms with Gasteiger partial charge in [0, 0.05) is 57.3 Å². The summed E-state index contributed by atoms with van der Waals surface area (Å²) >= 11 is 5.77. The highest BCUT2D eigenvalue weighted by molar-refractivity contribution is 6.30. The molecule has 0 aliphatic carbocycles. The van der Waals surface area contributed by atoms with Crippen molar-refractivity contribution in [3.63, 3.8) is 0 Å². The molecule has 7 heteroatoms. The number of nitrogens with zero attached hydrogens (tertiary/aromatic N) is 2. The quantitative estimate of drug-likeness (QED) is 0.906. The van der Waals surface area contributed by atoms with E-state index in [4.69, 9.17) is 11.6 Å². The van der Waals surface area contributed by atoms with E-state index in [0.29, 0.717) is 43.3 Å². The van der Waals surface area contributed by atoms with Gasteiger partial charge in [-0.15, -0.1) is 0 Å². The van der Waals surface area contributed by atoms with Crippen LogP contribution >= 0.6 is 11.6 Å². The summed E-state index contributed by atoms with van der Waals surface area (Å²) in [6.07, 6.45) is 0. The van der Waals surface area contributed by atoms with E-state index in [2.05, 4.69) is 5.32 Å². The summed E-state index contributed by atoms with van der Waals surface area (Å²) in [6.45, 7) is 3.85. The van der Waals surface area contributed by atoms with Crippen LogP contribution in [0.2, 0.25) is 5.02 Å². The smallest absolute Gasteiger partial charge is 0.225 e. The van der Waals surface area contributed by atoms with Gasteiger partial charge in [0.05, 0.1) is 5.92 Å². The van der Waals surface area contributed by atoms with Crippen LogP contribution in [0.1, 0.15) is 12.5 Å². The topological polar surface area (TPSA) is 52.7 Å². The molecule has 0 spiro atoms. The molecular weight excluding hydrogens is 321 g/mol. The molecule has 0 saturated carbocycles. The number of rotatable bonds is 3. The van der Waals surface area contributed by atoms with Crippen molar-refractivity contribution in [2.45, 2.75) is 13.5 Å². The largest absolute Gasteiger partial charge is 0.359 e. The van der Waals surface area contributed by atoms with Crippen molar-refractivity contribution < 1.29 is 14.0 Å². The van der Waals surface area contributed by atoms with E-state index in [-0.39, 0.29) is 23.5 Å². The van der Waals surface area contributed by atoms with Crippen molar-refractivity contribution in [3.8, 4) is 0 Å². The van der Waals surface area contributed by atoms with E-state index in [0.717, 1.165) is 0 Å². The third-order valence-corrected chi connectivity index (χ3v) is 4.31. The highest BCUT2D eigenvalue weighted by atomic mass is 35.5. The van der Waals surface area contributed by atoms with Gasteiger partial charge in [0.15, 0.2) is 0 Å². The Morgan fingerprint density at radius 3 is 2.70 bits per heavy atom. The molecule has 23 heavy (non-hydrogen) atoms. The van der Waals surface area contributed by atoms with Gasteiger partial charge >= 0.3 is 0 Å². The Morgan fingerprint density at radius 1 is 1.35 bits per heavy atom. The van der Waals surface area contributed by atoms with Crippen molar-refractivity contribution in [1.29, 1.82) is 0 Å². The van der Waals surface area contributed by atoms with Crippen LogP contribution in [0, 0.1) is 11.7 Å². The molecule has 1 aromatic rings. The molecule has 1 aliphatic rings. The molecule has 1 aromatic carbocycles. The van der Waals surface area contributed by atoms with E-state index in [1.54, 1.807) is 24.1 Å². The van der Waals surface area contributed by atoms with Crippen molar-refractivity contribution >= 4 is 23.4 Å². The van der Waals surface area contributed by atoms with E-state index in [1.165, 1.54) is 13.0 Å². The summed E-state index contributed by atoms with van der Waals surface area (Å²) in [5.74, 6) is -0.860. The fourth-order valence-corrected chi connectivity index (χ4v) is 2.93. The number of hydrogen-bond acceptors (Lipinski definition) is 3. The van der Waals surface area contributed by atoms with E-state index < -0.39 is 0 Å². The molecule has 1 fully saturated rings. The predicted octanol–water partition coefficient (Wildman–Crippen LogP) is 1.51. The summed E-state index contributed by atoms with van der Waals surface area (Å²) < 4.78 is 14.0. The fourth-order valence-electron chi connectivity index (χ4n) is 2.77. The summed E-state index contributed by atoms with van der Waals surface area (Å²) in [6, 6.07) is 4.59. The summed E-state index contributed by atoms with van der Waals surface area (Å²) in [4.78, 5) is 27.4. The van der Waals surface area contributed by atoms with Crippen molar-refractivity contribution in [3.05, 3.63) is 34.6 Å². The first-order chi connectivity index (χ1) is 10.9. The Labute approximate surface area is 140 Å². The highest BCUT2D eigenvalue weighted by Gasteiger charge is 2.28. The lowest BCUT2D eigenvalue weighted by atomic mass is 10.1. The second-order valence-corrected chi connectivity index (χ2v) is 6.18. The highest BCUT2D eigenvalue weighted by Crippen LogP contribution is 2.18. The lowest BCUT2D eigenvalue weighted by molar-refractivity contribution is -0.130. The third kappa shape index (κ3) is 4.65. The molecule has 0 unspecified atom stereocenters. The molecule has 2 amide bonds. The molecular formula is C16H21ClFN3O2. The van der Waals surface area contributed by atoms with Gasteiger partial charge in [-0.25, -0.2) is 4.39 Å². The molecule has 0 aromatic heterocycles. The number of hydrogen-bond donors (Lipinski definition) is 1. The zero-order valence-corrected chi connectivity index (χ0v) is 14.1. The van der Waals surface area contributed by atoms with Gasteiger partial charge in [-0.05, 0) is 12.1 Å². The Hall–Kier alpha value is -1.66. The van der Waals surface area contributed by atoms with Crippen LogP contribution < -0.4 is 5.32 Å². The first kappa shape index (κ1) is 17.7. The van der Waals surface area contributed by atoms with E-state index >= 15 is 0 Å². The molecule has 1 heterocycles. The van der Waals surface area contributed by atoms with E-state index in [9.17, 15) is 14.0 Å². The van der Waals surface area contributed by atoms with Crippen LogP contribution in [0.3, 0.4) is 0 Å². The standard InChI is InChI=1S/C16H21ClFN3O2/c1-11(22)21-6-5-20(9-13(10-21)16(23)19-2)8-12-3-4-14(17)7-15(12)18/h3-4,7,13H,5-6,8-10H2,1-2H3,(H,19,23)/t13-/m1/s1. The maximum atomic E-state index is 14.0. The number of nitrogens with one attached hydrogen (secondary N) is 1. The average Bonchev–Trinajstić information content (AvgIpc) is 2.72. The molecule has 126 valence electrons. The number of benzene rings is 1. The third-order valence-electron chi connectivity index (χ3n) is 4.08. The minimum atomic E-state index is -0.360. The van der Waals surface area contributed by atoms with Gasteiger partial charge in [0.25, 0.3) is 0 Å². The number of amides is 2. The van der Waals surface area contributed by atoms with Gasteiger partial charge in [0.2, 0.25) is 11.8 Å². The van der Waals surface area contributed by atoms with Crippen LogP contribution in [0.25, 0.3) is 0 Å².